The zero-order valence-corrected chi connectivity index (χ0v) is 25.7. The molecule has 0 unspecified atom stereocenters. The van der Waals surface area contributed by atoms with Crippen molar-refractivity contribution in [1.29, 1.82) is 0 Å². The molecular weight excluding hydrogens is 608 g/mol. The standard InChI is InChI=1S/C31H29BrN2O6S/c1-6-39-24-14-19(21(32)16-23(24)38-5)15-25-29(35)34-28(26(30(36)40-7-2)17(3)33-31(34)41-25)27-20-11-9-8-10-18(20)12-13-22(27)37-4/h8-16,28H,6-7H2,1-5H3/b25-15+/t28-/m0/s1. The number of ether oxygens (including phenoxy) is 4. The number of halogens is 1. The van der Waals surface area contributed by atoms with Crippen molar-refractivity contribution in [3.8, 4) is 17.2 Å². The van der Waals surface area contributed by atoms with Gasteiger partial charge in [0.1, 0.15) is 11.8 Å². The molecule has 1 aliphatic heterocycles. The molecule has 0 aliphatic carbocycles. The lowest BCUT2D eigenvalue weighted by Gasteiger charge is -2.27. The summed E-state index contributed by atoms with van der Waals surface area (Å²) in [5, 5.41) is 1.82. The van der Waals surface area contributed by atoms with E-state index in [9.17, 15) is 9.59 Å². The van der Waals surface area contributed by atoms with Gasteiger partial charge < -0.3 is 18.9 Å². The third kappa shape index (κ3) is 5.17. The third-order valence-corrected chi connectivity index (χ3v) is 8.48. The Morgan fingerprint density at radius 1 is 1.05 bits per heavy atom. The van der Waals surface area contributed by atoms with Crippen molar-refractivity contribution in [2.24, 2.45) is 4.99 Å². The van der Waals surface area contributed by atoms with Gasteiger partial charge in [-0.2, -0.15) is 0 Å². The summed E-state index contributed by atoms with van der Waals surface area (Å²) >= 11 is 4.85. The highest BCUT2D eigenvalue weighted by Crippen LogP contribution is 2.40. The normalized spacial score (nSPS) is 15.0. The largest absolute Gasteiger partial charge is 0.496 e. The number of aromatic nitrogens is 1. The highest BCUT2D eigenvalue weighted by molar-refractivity contribution is 9.10. The van der Waals surface area contributed by atoms with Gasteiger partial charge in [-0.25, -0.2) is 9.79 Å². The molecule has 0 spiro atoms. The van der Waals surface area contributed by atoms with E-state index in [-0.39, 0.29) is 12.2 Å². The molecule has 3 aromatic carbocycles. The Kier molecular flexibility index (Phi) is 8.32. The fraction of sp³-hybridized carbons (Fsp3) is 0.258. The molecule has 0 N–H and O–H groups in total. The van der Waals surface area contributed by atoms with Gasteiger partial charge in [-0.15, -0.1) is 0 Å². The predicted octanol–water partition coefficient (Wildman–Crippen LogP) is 5.13. The van der Waals surface area contributed by atoms with Crippen LogP contribution in [0.1, 0.15) is 37.9 Å². The molecule has 0 saturated carbocycles. The molecule has 0 saturated heterocycles. The summed E-state index contributed by atoms with van der Waals surface area (Å²) in [5.74, 6) is 1.17. The Balaban J connectivity index is 1.81. The van der Waals surface area contributed by atoms with Crippen molar-refractivity contribution >= 4 is 50.1 Å². The zero-order valence-electron chi connectivity index (χ0n) is 23.3. The molecule has 8 nitrogen and oxygen atoms in total. The molecular formula is C31H29BrN2O6S. The predicted molar refractivity (Wildman–Crippen MR) is 163 cm³/mol. The number of carbonyl (C=O) groups is 1. The SMILES string of the molecule is CCOC(=O)C1=C(C)N=c2s/c(=C/c3cc(OCC)c(OC)cc3Br)c(=O)n2[C@@H]1c1c(OC)ccc2ccccc12. The number of hydrogen-bond donors (Lipinski definition) is 0. The molecule has 1 aromatic heterocycles. The number of nitrogens with zero attached hydrogens (tertiary/aromatic N) is 2. The second-order valence-electron chi connectivity index (χ2n) is 9.16. The smallest absolute Gasteiger partial charge is 0.338 e. The fourth-order valence-electron chi connectivity index (χ4n) is 5.03. The Bertz CT molecular complexity index is 1870. The van der Waals surface area contributed by atoms with Crippen molar-refractivity contribution in [3.63, 3.8) is 0 Å². The molecule has 4 aromatic rings. The molecule has 212 valence electrons. The van der Waals surface area contributed by atoms with Gasteiger partial charge in [-0.3, -0.25) is 9.36 Å². The molecule has 10 heteroatoms. The van der Waals surface area contributed by atoms with Gasteiger partial charge in [0.2, 0.25) is 0 Å². The van der Waals surface area contributed by atoms with Crippen LogP contribution in [0.25, 0.3) is 16.8 Å². The number of methoxy groups -OCH3 is 2. The molecule has 0 radical (unpaired) electrons. The lowest BCUT2D eigenvalue weighted by atomic mass is 9.90. The number of thiazole rings is 1. The van der Waals surface area contributed by atoms with Gasteiger partial charge in [0.15, 0.2) is 16.3 Å². The van der Waals surface area contributed by atoms with Gasteiger partial charge in [0.05, 0.1) is 43.2 Å². The van der Waals surface area contributed by atoms with E-state index in [4.69, 9.17) is 23.9 Å². The first-order chi connectivity index (χ1) is 19.8. The first-order valence-corrected chi connectivity index (χ1v) is 14.7. The van der Waals surface area contributed by atoms with Crippen molar-refractivity contribution in [2.75, 3.05) is 27.4 Å². The maximum atomic E-state index is 14.2. The third-order valence-electron chi connectivity index (χ3n) is 6.81. The zero-order chi connectivity index (χ0) is 29.3. The Morgan fingerprint density at radius 2 is 1.80 bits per heavy atom. The van der Waals surface area contributed by atoms with E-state index in [1.54, 1.807) is 44.8 Å². The van der Waals surface area contributed by atoms with E-state index in [1.807, 2.05) is 49.4 Å². The van der Waals surface area contributed by atoms with E-state index in [0.29, 0.717) is 50.0 Å². The first-order valence-electron chi connectivity index (χ1n) is 13.1. The summed E-state index contributed by atoms with van der Waals surface area (Å²) in [7, 11) is 3.15. The summed E-state index contributed by atoms with van der Waals surface area (Å²) in [6.45, 7) is 6.06. The quantitative estimate of drug-likeness (QED) is 0.249. The Morgan fingerprint density at radius 3 is 2.51 bits per heavy atom. The second kappa shape index (κ2) is 11.9. The number of fused-ring (bicyclic) bond motifs is 2. The summed E-state index contributed by atoms with van der Waals surface area (Å²) in [6, 6.07) is 14.4. The van der Waals surface area contributed by atoms with Crippen LogP contribution in [0.15, 0.2) is 74.1 Å². The molecule has 0 amide bonds. The maximum absolute atomic E-state index is 14.2. The van der Waals surface area contributed by atoms with Crippen LogP contribution >= 0.6 is 27.3 Å². The first kappa shape index (κ1) is 28.6. The second-order valence-corrected chi connectivity index (χ2v) is 11.0. The Hall–Kier alpha value is -3.89. The molecule has 1 atom stereocenters. The minimum absolute atomic E-state index is 0.188. The minimum atomic E-state index is -0.813. The molecule has 0 fully saturated rings. The van der Waals surface area contributed by atoms with Crippen LogP contribution in [0.5, 0.6) is 17.2 Å². The molecule has 5 rings (SSSR count). The van der Waals surface area contributed by atoms with Crippen LogP contribution in [-0.4, -0.2) is 38.0 Å². The summed E-state index contributed by atoms with van der Waals surface area (Å²) < 4.78 is 25.2. The maximum Gasteiger partial charge on any atom is 0.338 e. The van der Waals surface area contributed by atoms with Crippen molar-refractivity contribution < 1.29 is 23.7 Å². The lowest BCUT2D eigenvalue weighted by molar-refractivity contribution is -0.139. The monoisotopic (exact) mass is 636 g/mol. The number of carbonyl (C=O) groups excluding carboxylic acids is 1. The van der Waals surface area contributed by atoms with Gasteiger partial charge in [-0.05, 0) is 61.4 Å². The average molecular weight is 638 g/mol. The van der Waals surface area contributed by atoms with Crippen LogP contribution in [-0.2, 0) is 9.53 Å². The van der Waals surface area contributed by atoms with Gasteiger partial charge >= 0.3 is 5.97 Å². The number of benzene rings is 3. The van der Waals surface area contributed by atoms with Crippen molar-refractivity contribution in [3.05, 3.63) is 95.1 Å². The number of allylic oxidation sites excluding steroid dienone is 1. The summed E-state index contributed by atoms with van der Waals surface area (Å²) in [5.41, 5.74) is 1.92. The van der Waals surface area contributed by atoms with Crippen LogP contribution in [0.4, 0.5) is 0 Å². The summed E-state index contributed by atoms with van der Waals surface area (Å²) in [6.07, 6.45) is 1.79. The highest BCUT2D eigenvalue weighted by atomic mass is 79.9. The summed E-state index contributed by atoms with van der Waals surface area (Å²) in [4.78, 5) is 32.8. The van der Waals surface area contributed by atoms with E-state index < -0.39 is 12.0 Å². The highest BCUT2D eigenvalue weighted by Gasteiger charge is 2.36. The number of hydrogen-bond acceptors (Lipinski definition) is 8. The fourth-order valence-corrected chi connectivity index (χ4v) is 6.51. The van der Waals surface area contributed by atoms with Gasteiger partial charge in [-0.1, -0.05) is 57.6 Å². The van der Waals surface area contributed by atoms with E-state index in [0.717, 1.165) is 20.8 Å². The van der Waals surface area contributed by atoms with E-state index in [1.165, 1.54) is 11.3 Å². The number of esters is 1. The van der Waals surface area contributed by atoms with Gasteiger partial charge in [0, 0.05) is 10.0 Å². The molecule has 1 aliphatic rings. The lowest BCUT2D eigenvalue weighted by Crippen LogP contribution is -2.40. The van der Waals surface area contributed by atoms with Crippen LogP contribution < -0.4 is 29.1 Å². The molecule has 2 heterocycles. The van der Waals surface area contributed by atoms with Gasteiger partial charge in [0.25, 0.3) is 5.56 Å². The van der Waals surface area contributed by atoms with Crippen molar-refractivity contribution in [2.45, 2.75) is 26.8 Å². The molecule has 41 heavy (non-hydrogen) atoms. The van der Waals surface area contributed by atoms with Crippen LogP contribution in [0.3, 0.4) is 0 Å². The molecule has 0 bridgehead atoms. The minimum Gasteiger partial charge on any atom is -0.496 e. The van der Waals surface area contributed by atoms with Crippen molar-refractivity contribution in [1.82, 2.24) is 4.57 Å². The van der Waals surface area contributed by atoms with E-state index in [2.05, 4.69) is 15.9 Å². The van der Waals surface area contributed by atoms with Crippen LogP contribution in [0, 0.1) is 0 Å². The van der Waals surface area contributed by atoms with E-state index >= 15 is 0 Å². The topological polar surface area (TPSA) is 88.4 Å². The average Bonchev–Trinajstić information content (AvgIpc) is 3.27. The van der Waals surface area contributed by atoms with Crippen LogP contribution in [0.2, 0.25) is 0 Å². The Labute approximate surface area is 249 Å². The number of rotatable bonds is 8.